The number of esters is 1. The smallest absolute Gasteiger partial charge is 0.367 e. The van der Waals surface area contributed by atoms with E-state index in [2.05, 4.69) is 22.1 Å². The second kappa shape index (κ2) is 8.46. The van der Waals surface area contributed by atoms with Crippen LogP contribution in [0, 0.1) is 5.92 Å². The number of carbonyl (C=O) groups is 1. The largest absolute Gasteiger partial charge is 0.461 e. The molecular weight excluding hydrogens is 286 g/mol. The van der Waals surface area contributed by atoms with Gasteiger partial charge in [0.25, 0.3) is 0 Å². The Morgan fingerprint density at radius 1 is 1.48 bits per heavy atom. The number of carbonyl (C=O) groups excluding carboxylic acids is 1. The minimum atomic E-state index is -0.307. The van der Waals surface area contributed by atoms with Gasteiger partial charge >= 0.3 is 5.97 Å². The van der Waals surface area contributed by atoms with Crippen molar-refractivity contribution < 1.29 is 9.53 Å². The van der Waals surface area contributed by atoms with Crippen molar-refractivity contribution in [3.8, 4) is 0 Å². The van der Waals surface area contributed by atoms with Crippen LogP contribution < -0.4 is 5.32 Å². The van der Waals surface area contributed by atoms with E-state index < -0.39 is 0 Å². The SMILES string of the molecule is CCNCC1CCN(Cc2csc(C(=O)OCC)n2)CC1. The lowest BCUT2D eigenvalue weighted by atomic mass is 9.97. The fourth-order valence-electron chi connectivity index (χ4n) is 2.59. The first-order valence-electron chi connectivity index (χ1n) is 7.77. The molecule has 1 aromatic rings. The fraction of sp³-hybridized carbons (Fsp3) is 0.733. The molecule has 2 rings (SSSR count). The predicted molar refractivity (Wildman–Crippen MR) is 84.6 cm³/mol. The van der Waals surface area contributed by atoms with Crippen LogP contribution in [0.2, 0.25) is 0 Å². The summed E-state index contributed by atoms with van der Waals surface area (Å²) < 4.78 is 4.97. The Morgan fingerprint density at radius 3 is 2.90 bits per heavy atom. The third-order valence-electron chi connectivity index (χ3n) is 3.78. The molecule has 118 valence electrons. The van der Waals surface area contributed by atoms with Gasteiger partial charge in [-0.1, -0.05) is 6.92 Å². The summed E-state index contributed by atoms with van der Waals surface area (Å²) in [4.78, 5) is 18.4. The molecule has 1 aliphatic rings. The number of nitrogens with zero attached hydrogens (tertiary/aromatic N) is 2. The standard InChI is InChI=1S/C15H25N3O2S/c1-3-16-9-12-5-7-18(8-6-12)10-13-11-21-14(17-13)15(19)20-4-2/h11-12,16H,3-10H2,1-2H3. The third kappa shape index (κ3) is 5.05. The zero-order chi connectivity index (χ0) is 15.1. The quantitative estimate of drug-likeness (QED) is 0.782. The predicted octanol–water partition coefficient (Wildman–Crippen LogP) is 2.14. The molecule has 0 spiro atoms. The second-order valence-corrected chi connectivity index (χ2v) is 6.25. The summed E-state index contributed by atoms with van der Waals surface area (Å²) in [6.45, 7) is 9.60. The second-order valence-electron chi connectivity index (χ2n) is 5.39. The molecular formula is C15H25N3O2S. The molecule has 0 unspecified atom stereocenters. The van der Waals surface area contributed by atoms with Gasteiger partial charge in [-0.25, -0.2) is 9.78 Å². The highest BCUT2D eigenvalue weighted by atomic mass is 32.1. The molecule has 0 amide bonds. The number of rotatable bonds is 7. The number of thiazole rings is 1. The van der Waals surface area contributed by atoms with Crippen LogP contribution >= 0.6 is 11.3 Å². The maximum Gasteiger partial charge on any atom is 0.367 e. The first kappa shape index (κ1) is 16.4. The topological polar surface area (TPSA) is 54.5 Å². The fourth-order valence-corrected chi connectivity index (χ4v) is 3.29. The Morgan fingerprint density at radius 2 is 2.24 bits per heavy atom. The van der Waals surface area contributed by atoms with Crippen LogP contribution in [-0.2, 0) is 11.3 Å². The van der Waals surface area contributed by atoms with Crippen molar-refractivity contribution in [2.45, 2.75) is 33.2 Å². The van der Waals surface area contributed by atoms with E-state index in [9.17, 15) is 4.79 Å². The average Bonchev–Trinajstić information content (AvgIpc) is 2.95. The van der Waals surface area contributed by atoms with Gasteiger partial charge in [-0.3, -0.25) is 4.90 Å². The highest BCUT2D eigenvalue weighted by Crippen LogP contribution is 2.19. The van der Waals surface area contributed by atoms with Crippen molar-refractivity contribution >= 4 is 17.3 Å². The Balaban J connectivity index is 1.77. The normalized spacial score (nSPS) is 17.0. The Labute approximate surface area is 130 Å². The molecule has 1 aromatic heterocycles. The van der Waals surface area contributed by atoms with Gasteiger partial charge in [0.15, 0.2) is 0 Å². The van der Waals surface area contributed by atoms with Crippen LogP contribution in [0.25, 0.3) is 0 Å². The molecule has 0 aromatic carbocycles. The lowest BCUT2D eigenvalue weighted by molar-refractivity contribution is 0.0525. The molecule has 0 atom stereocenters. The lowest BCUT2D eigenvalue weighted by Crippen LogP contribution is -2.36. The van der Waals surface area contributed by atoms with Crippen LogP contribution in [0.5, 0.6) is 0 Å². The molecule has 6 heteroatoms. The molecule has 2 heterocycles. The Kier molecular flexibility index (Phi) is 6.60. The zero-order valence-electron chi connectivity index (χ0n) is 12.9. The molecule has 1 N–H and O–H groups in total. The number of piperidine rings is 1. The van der Waals surface area contributed by atoms with Crippen LogP contribution in [0.3, 0.4) is 0 Å². The summed E-state index contributed by atoms with van der Waals surface area (Å²) in [6.07, 6.45) is 2.48. The molecule has 0 radical (unpaired) electrons. The van der Waals surface area contributed by atoms with Gasteiger partial charge in [0, 0.05) is 11.9 Å². The van der Waals surface area contributed by atoms with E-state index in [0.29, 0.717) is 11.6 Å². The van der Waals surface area contributed by atoms with Crippen LogP contribution in [-0.4, -0.2) is 48.6 Å². The van der Waals surface area contributed by atoms with Gasteiger partial charge in [0.1, 0.15) is 0 Å². The molecule has 5 nitrogen and oxygen atoms in total. The van der Waals surface area contributed by atoms with Gasteiger partial charge in [0.05, 0.1) is 12.3 Å². The van der Waals surface area contributed by atoms with Gasteiger partial charge in [0.2, 0.25) is 5.01 Å². The highest BCUT2D eigenvalue weighted by molar-refractivity contribution is 7.11. The molecule has 0 saturated carbocycles. The van der Waals surface area contributed by atoms with Crippen molar-refractivity contribution in [1.82, 2.24) is 15.2 Å². The van der Waals surface area contributed by atoms with Crippen LogP contribution in [0.15, 0.2) is 5.38 Å². The summed E-state index contributed by atoms with van der Waals surface area (Å²) in [5.74, 6) is 0.491. The van der Waals surface area contributed by atoms with E-state index in [1.807, 2.05) is 12.3 Å². The Bertz CT molecular complexity index is 442. The minimum absolute atomic E-state index is 0.307. The van der Waals surface area contributed by atoms with Crippen molar-refractivity contribution in [3.63, 3.8) is 0 Å². The lowest BCUT2D eigenvalue weighted by Gasteiger charge is -2.31. The van der Waals surface area contributed by atoms with Gasteiger partial charge in [-0.15, -0.1) is 11.3 Å². The van der Waals surface area contributed by atoms with E-state index in [4.69, 9.17) is 4.74 Å². The Hall–Kier alpha value is -0.980. The van der Waals surface area contributed by atoms with Crippen LogP contribution in [0.4, 0.5) is 0 Å². The van der Waals surface area contributed by atoms with E-state index in [1.54, 1.807) is 0 Å². The summed E-state index contributed by atoms with van der Waals surface area (Å²) in [5, 5.41) is 5.87. The number of hydrogen-bond donors (Lipinski definition) is 1. The zero-order valence-corrected chi connectivity index (χ0v) is 13.7. The maximum absolute atomic E-state index is 11.6. The molecule has 0 aliphatic carbocycles. The number of ether oxygens (including phenoxy) is 1. The molecule has 1 saturated heterocycles. The van der Waals surface area contributed by atoms with E-state index in [1.165, 1.54) is 24.2 Å². The van der Waals surface area contributed by atoms with Gasteiger partial charge in [-0.05, 0) is 51.9 Å². The molecule has 1 aliphatic heterocycles. The average molecular weight is 311 g/mol. The van der Waals surface area contributed by atoms with Gasteiger partial charge < -0.3 is 10.1 Å². The first-order valence-corrected chi connectivity index (χ1v) is 8.65. The summed E-state index contributed by atoms with van der Waals surface area (Å²) in [6, 6.07) is 0. The number of likely N-dealkylation sites (tertiary alicyclic amines) is 1. The third-order valence-corrected chi connectivity index (χ3v) is 4.65. The van der Waals surface area contributed by atoms with Crippen molar-refractivity contribution in [2.75, 3.05) is 32.8 Å². The minimum Gasteiger partial charge on any atom is -0.461 e. The van der Waals surface area contributed by atoms with E-state index in [0.717, 1.165) is 44.3 Å². The highest BCUT2D eigenvalue weighted by Gasteiger charge is 2.20. The van der Waals surface area contributed by atoms with Crippen LogP contribution in [0.1, 0.15) is 42.2 Å². The molecule has 1 fully saturated rings. The maximum atomic E-state index is 11.6. The number of hydrogen-bond acceptors (Lipinski definition) is 6. The molecule has 21 heavy (non-hydrogen) atoms. The van der Waals surface area contributed by atoms with Crippen molar-refractivity contribution in [1.29, 1.82) is 0 Å². The summed E-state index contributed by atoms with van der Waals surface area (Å²) in [5.41, 5.74) is 0.980. The summed E-state index contributed by atoms with van der Waals surface area (Å²) >= 11 is 1.38. The number of aromatic nitrogens is 1. The van der Waals surface area contributed by atoms with Crippen molar-refractivity contribution in [2.24, 2.45) is 5.92 Å². The monoisotopic (exact) mass is 311 g/mol. The van der Waals surface area contributed by atoms with Crippen molar-refractivity contribution in [3.05, 3.63) is 16.1 Å². The molecule has 0 bridgehead atoms. The summed E-state index contributed by atoms with van der Waals surface area (Å²) in [7, 11) is 0. The van der Waals surface area contributed by atoms with Gasteiger partial charge in [-0.2, -0.15) is 0 Å². The first-order chi connectivity index (χ1) is 10.2. The number of nitrogens with one attached hydrogen (secondary N) is 1. The van der Waals surface area contributed by atoms with E-state index in [-0.39, 0.29) is 5.97 Å². The van der Waals surface area contributed by atoms with E-state index >= 15 is 0 Å².